The molecule has 0 aliphatic carbocycles. The summed E-state index contributed by atoms with van der Waals surface area (Å²) in [4.78, 5) is 18.8. The Hall–Kier alpha value is -3.57. The van der Waals surface area contributed by atoms with Crippen molar-refractivity contribution in [3.05, 3.63) is 77.0 Å². The fourth-order valence-electron chi connectivity index (χ4n) is 4.30. The number of nitrogens with zero attached hydrogens (tertiary/aromatic N) is 2. The van der Waals surface area contributed by atoms with Crippen LogP contribution in [0, 0.1) is 0 Å². The quantitative estimate of drug-likeness (QED) is 0.446. The number of ether oxygens (including phenoxy) is 3. The molecule has 3 aromatic rings. The molecule has 0 radical (unpaired) electrons. The monoisotopic (exact) mass is 517 g/mol. The predicted octanol–water partition coefficient (Wildman–Crippen LogP) is 4.53. The summed E-state index contributed by atoms with van der Waals surface area (Å²) in [7, 11) is 0. The summed E-state index contributed by atoms with van der Waals surface area (Å²) >= 11 is 0. The Morgan fingerprint density at radius 2 is 1.78 bits per heavy atom. The van der Waals surface area contributed by atoms with Gasteiger partial charge in [-0.1, -0.05) is 18.2 Å². The van der Waals surface area contributed by atoms with Crippen molar-refractivity contribution in [1.29, 1.82) is 0 Å². The molecule has 1 atom stereocenters. The maximum atomic E-state index is 13.0. The first-order valence-corrected chi connectivity index (χ1v) is 11.9. The molecule has 37 heavy (non-hydrogen) atoms. The van der Waals surface area contributed by atoms with Gasteiger partial charge in [-0.05, 0) is 48.2 Å². The molecule has 11 heteroatoms. The molecule has 3 heterocycles. The third-order valence-electron chi connectivity index (χ3n) is 6.19. The molecule has 1 N–H and O–H groups in total. The van der Waals surface area contributed by atoms with Gasteiger partial charge in [0.25, 0.3) is 5.91 Å². The van der Waals surface area contributed by atoms with Crippen LogP contribution >= 0.6 is 0 Å². The lowest BCUT2D eigenvalue weighted by atomic mass is 10.1. The third kappa shape index (κ3) is 6.41. The highest BCUT2D eigenvalue weighted by Gasteiger charge is 2.30. The normalized spacial score (nSPS) is 16.9. The van der Waals surface area contributed by atoms with Crippen molar-refractivity contribution in [2.45, 2.75) is 44.8 Å². The van der Waals surface area contributed by atoms with Crippen molar-refractivity contribution in [1.82, 2.24) is 15.2 Å². The van der Waals surface area contributed by atoms with Crippen LogP contribution in [0.2, 0.25) is 0 Å². The van der Waals surface area contributed by atoms with Crippen LogP contribution in [0.1, 0.15) is 45.9 Å². The molecule has 196 valence electrons. The zero-order valence-corrected chi connectivity index (χ0v) is 19.9. The number of oxazole rings is 1. The fourth-order valence-corrected chi connectivity index (χ4v) is 4.30. The molecule has 8 nitrogen and oxygen atoms in total. The standard InChI is InChI=1S/C26H26F3N3O5/c27-26(28,29)19-6-3-17(4-7-19)12-32(13-18-5-8-22-23(10-18)37-16-36-22)14-24-31-21(15-35-24)25(33)30-11-20-2-1-9-34-20/h3-8,10,15,20H,1-2,9,11-14,16H2,(H,30,33)/t20-/m0/s1. The lowest BCUT2D eigenvalue weighted by Crippen LogP contribution is -2.32. The minimum Gasteiger partial charge on any atom is -0.454 e. The number of hydrogen-bond donors (Lipinski definition) is 1. The van der Waals surface area contributed by atoms with Gasteiger partial charge in [-0.15, -0.1) is 0 Å². The maximum absolute atomic E-state index is 13.0. The molecule has 5 rings (SSSR count). The molecule has 2 aliphatic heterocycles. The fraction of sp³-hybridized carbons (Fsp3) is 0.385. The van der Waals surface area contributed by atoms with Crippen LogP contribution in [0.3, 0.4) is 0 Å². The number of halogens is 3. The second kappa shape index (κ2) is 10.8. The van der Waals surface area contributed by atoms with Gasteiger partial charge in [0.1, 0.15) is 6.26 Å². The molecule has 1 aromatic heterocycles. The Balaban J connectivity index is 1.28. The number of carbonyl (C=O) groups is 1. The van der Waals surface area contributed by atoms with Crippen LogP contribution < -0.4 is 14.8 Å². The lowest BCUT2D eigenvalue weighted by Gasteiger charge is -2.21. The van der Waals surface area contributed by atoms with Crippen molar-refractivity contribution in [2.75, 3.05) is 19.9 Å². The Kier molecular flexibility index (Phi) is 7.33. The molecule has 1 fully saturated rings. The smallest absolute Gasteiger partial charge is 0.416 e. The summed E-state index contributed by atoms with van der Waals surface area (Å²) < 4.78 is 60.9. The molecule has 1 amide bonds. The lowest BCUT2D eigenvalue weighted by molar-refractivity contribution is -0.137. The van der Waals surface area contributed by atoms with Crippen molar-refractivity contribution in [2.24, 2.45) is 0 Å². The van der Waals surface area contributed by atoms with Gasteiger partial charge in [-0.25, -0.2) is 4.98 Å². The van der Waals surface area contributed by atoms with Crippen molar-refractivity contribution in [3.8, 4) is 11.5 Å². The van der Waals surface area contributed by atoms with E-state index in [0.29, 0.717) is 49.2 Å². The van der Waals surface area contributed by atoms with E-state index in [4.69, 9.17) is 18.6 Å². The Bertz CT molecular complexity index is 1220. The average molecular weight is 518 g/mol. The second-order valence-corrected chi connectivity index (χ2v) is 9.00. The Morgan fingerprint density at radius 3 is 2.54 bits per heavy atom. The number of amides is 1. The minimum absolute atomic E-state index is 0.0104. The number of fused-ring (bicyclic) bond motifs is 1. The summed E-state index contributed by atoms with van der Waals surface area (Å²) in [5, 5.41) is 2.81. The molecule has 0 spiro atoms. The van der Waals surface area contributed by atoms with Crippen LogP contribution in [0.4, 0.5) is 13.2 Å². The summed E-state index contributed by atoms with van der Waals surface area (Å²) in [6.45, 7) is 2.25. The highest BCUT2D eigenvalue weighted by molar-refractivity contribution is 5.91. The molecular weight excluding hydrogens is 491 g/mol. The number of hydrogen-bond acceptors (Lipinski definition) is 7. The van der Waals surface area contributed by atoms with Crippen LogP contribution in [0.15, 0.2) is 53.1 Å². The first-order chi connectivity index (χ1) is 17.8. The first-order valence-electron chi connectivity index (χ1n) is 11.9. The van der Waals surface area contributed by atoms with Crippen molar-refractivity contribution >= 4 is 5.91 Å². The highest BCUT2D eigenvalue weighted by Crippen LogP contribution is 2.33. The first kappa shape index (κ1) is 25.1. The molecule has 2 aromatic carbocycles. The van der Waals surface area contributed by atoms with Crippen molar-refractivity contribution in [3.63, 3.8) is 0 Å². The number of carbonyl (C=O) groups excluding carboxylic acids is 1. The van der Waals surface area contributed by atoms with E-state index in [9.17, 15) is 18.0 Å². The summed E-state index contributed by atoms with van der Waals surface area (Å²) in [6.07, 6.45) is -1.20. The maximum Gasteiger partial charge on any atom is 0.416 e. The van der Waals surface area contributed by atoms with Crippen LogP contribution in [0.25, 0.3) is 0 Å². The van der Waals surface area contributed by atoms with E-state index in [-0.39, 0.29) is 31.0 Å². The van der Waals surface area contributed by atoms with Gasteiger partial charge in [-0.3, -0.25) is 9.69 Å². The van der Waals surface area contributed by atoms with Gasteiger partial charge < -0.3 is 23.9 Å². The van der Waals surface area contributed by atoms with E-state index in [1.165, 1.54) is 18.4 Å². The summed E-state index contributed by atoms with van der Waals surface area (Å²) in [5.74, 6) is 1.25. The molecule has 0 unspecified atom stereocenters. The average Bonchev–Trinajstić information content (AvgIpc) is 3.64. The van der Waals surface area contributed by atoms with Crippen LogP contribution in [-0.4, -0.2) is 41.8 Å². The van der Waals surface area contributed by atoms with E-state index in [0.717, 1.165) is 30.5 Å². The zero-order valence-electron chi connectivity index (χ0n) is 19.9. The second-order valence-electron chi connectivity index (χ2n) is 9.00. The Morgan fingerprint density at radius 1 is 1.03 bits per heavy atom. The summed E-state index contributed by atoms with van der Waals surface area (Å²) in [6, 6.07) is 10.6. The van der Waals surface area contributed by atoms with Gasteiger partial charge in [-0.2, -0.15) is 13.2 Å². The van der Waals surface area contributed by atoms with E-state index in [1.807, 2.05) is 23.1 Å². The van der Waals surface area contributed by atoms with Crippen LogP contribution in [-0.2, 0) is 30.5 Å². The SMILES string of the molecule is O=C(NC[C@@H]1CCCO1)c1coc(CN(Cc2ccc(C(F)(F)F)cc2)Cc2ccc3c(c2)OCO3)n1. The van der Waals surface area contributed by atoms with E-state index >= 15 is 0 Å². The zero-order chi connectivity index (χ0) is 25.8. The molecule has 0 saturated carbocycles. The topological polar surface area (TPSA) is 86.1 Å². The van der Waals surface area contributed by atoms with Gasteiger partial charge in [0.15, 0.2) is 17.2 Å². The van der Waals surface area contributed by atoms with Crippen LogP contribution in [0.5, 0.6) is 11.5 Å². The van der Waals surface area contributed by atoms with Gasteiger partial charge in [0, 0.05) is 26.2 Å². The molecule has 1 saturated heterocycles. The van der Waals surface area contributed by atoms with Gasteiger partial charge in [0.2, 0.25) is 12.7 Å². The molecular formula is C26H26F3N3O5. The van der Waals surface area contributed by atoms with E-state index in [1.54, 1.807) is 0 Å². The predicted molar refractivity (Wildman–Crippen MR) is 125 cm³/mol. The summed E-state index contributed by atoms with van der Waals surface area (Å²) in [5.41, 5.74) is 1.06. The largest absolute Gasteiger partial charge is 0.454 e. The number of benzene rings is 2. The third-order valence-corrected chi connectivity index (χ3v) is 6.19. The van der Waals surface area contributed by atoms with E-state index in [2.05, 4.69) is 10.3 Å². The molecule has 0 bridgehead atoms. The number of nitrogens with one attached hydrogen (secondary N) is 1. The number of alkyl halides is 3. The van der Waals surface area contributed by atoms with Crippen molar-refractivity contribution < 1.29 is 36.6 Å². The molecule has 2 aliphatic rings. The van der Waals surface area contributed by atoms with Gasteiger partial charge in [0.05, 0.1) is 18.2 Å². The number of rotatable bonds is 9. The van der Waals surface area contributed by atoms with Gasteiger partial charge >= 0.3 is 6.18 Å². The van der Waals surface area contributed by atoms with E-state index < -0.39 is 11.7 Å². The minimum atomic E-state index is -4.40. The number of aromatic nitrogens is 1. The highest BCUT2D eigenvalue weighted by atomic mass is 19.4. The Labute approximate surface area is 211 Å².